The summed E-state index contributed by atoms with van der Waals surface area (Å²) in [5.74, 6) is 2.87. The molecule has 0 saturated heterocycles. The van der Waals surface area contributed by atoms with Crippen molar-refractivity contribution >= 4 is 29.0 Å². The Morgan fingerprint density at radius 2 is 2.24 bits per heavy atom. The van der Waals surface area contributed by atoms with Crippen LogP contribution in [0.3, 0.4) is 0 Å². The van der Waals surface area contributed by atoms with Crippen molar-refractivity contribution in [3.8, 4) is 5.75 Å². The van der Waals surface area contributed by atoms with Crippen molar-refractivity contribution in [1.82, 2.24) is 4.90 Å². The second-order valence-corrected chi connectivity index (χ2v) is 6.84. The second kappa shape index (κ2) is 8.26. The van der Waals surface area contributed by atoms with Crippen molar-refractivity contribution < 1.29 is 9.53 Å². The molecule has 0 saturated carbocycles. The highest BCUT2D eigenvalue weighted by Gasteiger charge is 2.22. The fourth-order valence-electron chi connectivity index (χ4n) is 2.19. The van der Waals surface area contributed by atoms with Gasteiger partial charge in [0.1, 0.15) is 5.75 Å². The SMILES string of the molecule is CPC(=O)N1Cc2ccc(OCCP/C=C\C=N)cc2C1. The average Bonchev–Trinajstić information content (AvgIpc) is 2.93. The molecule has 1 amide bonds. The summed E-state index contributed by atoms with van der Waals surface area (Å²) in [6, 6.07) is 6.10. The van der Waals surface area contributed by atoms with Crippen LogP contribution in [0, 0.1) is 5.41 Å². The molecule has 1 aromatic rings. The van der Waals surface area contributed by atoms with Crippen molar-refractivity contribution in [2.75, 3.05) is 19.4 Å². The van der Waals surface area contributed by atoms with E-state index in [-0.39, 0.29) is 5.65 Å². The molecular formula is C15H20N2O2P2. The zero-order chi connectivity index (χ0) is 15.1. The lowest BCUT2D eigenvalue weighted by Crippen LogP contribution is -2.19. The monoisotopic (exact) mass is 322 g/mol. The summed E-state index contributed by atoms with van der Waals surface area (Å²) in [5, 5.41) is 6.88. The van der Waals surface area contributed by atoms with Crippen LogP contribution in [0.2, 0.25) is 0 Å². The minimum absolute atomic E-state index is 0.229. The van der Waals surface area contributed by atoms with Crippen LogP contribution >= 0.6 is 17.2 Å². The van der Waals surface area contributed by atoms with Gasteiger partial charge in [-0.25, -0.2) is 0 Å². The Morgan fingerprint density at radius 1 is 1.43 bits per heavy atom. The van der Waals surface area contributed by atoms with Gasteiger partial charge < -0.3 is 15.0 Å². The molecule has 2 unspecified atom stereocenters. The predicted molar refractivity (Wildman–Crippen MR) is 91.9 cm³/mol. The lowest BCUT2D eigenvalue weighted by molar-refractivity contribution is 0.223. The number of rotatable bonds is 7. The Hall–Kier alpha value is -1.24. The van der Waals surface area contributed by atoms with E-state index in [1.54, 1.807) is 6.08 Å². The Balaban J connectivity index is 1.84. The quantitative estimate of drug-likeness (QED) is 0.473. The lowest BCUT2D eigenvalue weighted by Gasteiger charge is -2.13. The lowest BCUT2D eigenvalue weighted by atomic mass is 10.1. The number of benzene rings is 1. The van der Waals surface area contributed by atoms with E-state index in [9.17, 15) is 4.79 Å². The largest absolute Gasteiger partial charge is 0.493 e. The first kappa shape index (κ1) is 16.1. The number of hydrogen-bond acceptors (Lipinski definition) is 3. The summed E-state index contributed by atoms with van der Waals surface area (Å²) < 4.78 is 5.75. The molecule has 4 nitrogen and oxygen atoms in total. The number of carbonyl (C=O) groups excluding carboxylic acids is 1. The van der Waals surface area contributed by atoms with Crippen molar-refractivity contribution in [2.24, 2.45) is 0 Å². The van der Waals surface area contributed by atoms with Crippen molar-refractivity contribution in [3.05, 3.63) is 41.2 Å². The van der Waals surface area contributed by atoms with E-state index in [4.69, 9.17) is 10.1 Å². The van der Waals surface area contributed by atoms with E-state index in [1.165, 1.54) is 17.3 Å². The van der Waals surface area contributed by atoms with Gasteiger partial charge in [0, 0.05) is 25.5 Å². The number of fused-ring (bicyclic) bond motifs is 1. The van der Waals surface area contributed by atoms with Gasteiger partial charge in [-0.2, -0.15) is 0 Å². The summed E-state index contributed by atoms with van der Waals surface area (Å²) in [6.07, 6.45) is 4.00. The van der Waals surface area contributed by atoms with E-state index < -0.39 is 0 Å². The van der Waals surface area contributed by atoms with Crippen molar-refractivity contribution in [1.29, 1.82) is 5.41 Å². The number of nitrogens with one attached hydrogen (secondary N) is 1. The molecule has 1 aliphatic rings. The van der Waals surface area contributed by atoms with E-state index in [2.05, 4.69) is 12.1 Å². The summed E-state index contributed by atoms with van der Waals surface area (Å²) in [5.41, 5.74) is 2.66. The molecule has 21 heavy (non-hydrogen) atoms. The topological polar surface area (TPSA) is 53.4 Å². The van der Waals surface area contributed by atoms with Crippen LogP contribution in [0.15, 0.2) is 30.1 Å². The summed E-state index contributed by atoms with van der Waals surface area (Å²) >= 11 is 0. The molecule has 0 aromatic heterocycles. The third-order valence-corrected chi connectivity index (χ3v) is 4.89. The molecule has 112 valence electrons. The molecule has 6 heteroatoms. The van der Waals surface area contributed by atoms with Crippen LogP contribution in [-0.4, -0.2) is 36.2 Å². The molecule has 0 aliphatic carbocycles. The summed E-state index contributed by atoms with van der Waals surface area (Å²) in [4.78, 5) is 13.6. The van der Waals surface area contributed by atoms with Gasteiger partial charge in [-0.05, 0) is 44.6 Å². The summed E-state index contributed by atoms with van der Waals surface area (Å²) in [6.45, 7) is 4.03. The standard InChI is InChI=1S/C15H20N2O2P2/c1-20-15(18)17-10-12-3-4-14(9-13(12)11-17)19-6-8-21-7-2-5-16/h2-5,7,9,16,20-21H,6,8,10-11H2,1H3/b7-2-,16-5?. The van der Waals surface area contributed by atoms with Gasteiger partial charge in [-0.15, -0.1) is 0 Å². The number of ether oxygens (including phenoxy) is 1. The van der Waals surface area contributed by atoms with Gasteiger partial charge in [-0.1, -0.05) is 20.5 Å². The molecule has 0 fully saturated rings. The minimum atomic E-state index is 0.229. The Kier molecular flexibility index (Phi) is 6.35. The zero-order valence-corrected chi connectivity index (χ0v) is 14.1. The van der Waals surface area contributed by atoms with Gasteiger partial charge >= 0.3 is 0 Å². The van der Waals surface area contributed by atoms with Crippen LogP contribution in [0.25, 0.3) is 0 Å². The normalized spacial score (nSPS) is 14.6. The van der Waals surface area contributed by atoms with Crippen molar-refractivity contribution in [2.45, 2.75) is 13.1 Å². The van der Waals surface area contributed by atoms with E-state index in [0.717, 1.165) is 18.5 Å². The Morgan fingerprint density at radius 3 is 3.00 bits per heavy atom. The van der Waals surface area contributed by atoms with Crippen LogP contribution in [0.5, 0.6) is 5.75 Å². The van der Waals surface area contributed by atoms with Gasteiger partial charge in [-0.3, -0.25) is 4.79 Å². The fourth-order valence-corrected chi connectivity index (χ4v) is 3.28. The van der Waals surface area contributed by atoms with Gasteiger partial charge in [0.15, 0.2) is 0 Å². The molecule has 0 radical (unpaired) electrons. The maximum Gasteiger partial charge on any atom is 0.240 e. The highest BCUT2D eigenvalue weighted by molar-refractivity contribution is 7.56. The number of allylic oxidation sites excluding steroid dienone is 1. The number of carbonyl (C=O) groups is 1. The third kappa shape index (κ3) is 4.62. The molecule has 2 rings (SSSR count). The van der Waals surface area contributed by atoms with Gasteiger partial charge in [0.2, 0.25) is 5.65 Å². The maximum atomic E-state index is 11.8. The zero-order valence-electron chi connectivity index (χ0n) is 12.1. The van der Waals surface area contributed by atoms with Crippen LogP contribution < -0.4 is 4.74 Å². The molecule has 1 aliphatic heterocycles. The van der Waals surface area contributed by atoms with Crippen molar-refractivity contribution in [3.63, 3.8) is 0 Å². The van der Waals surface area contributed by atoms with E-state index in [0.29, 0.717) is 30.3 Å². The van der Waals surface area contributed by atoms with Crippen LogP contribution in [0.1, 0.15) is 11.1 Å². The van der Waals surface area contributed by atoms with Gasteiger partial charge in [0.25, 0.3) is 0 Å². The van der Waals surface area contributed by atoms with Crippen LogP contribution in [0.4, 0.5) is 4.79 Å². The highest BCUT2D eigenvalue weighted by atomic mass is 31.1. The molecule has 1 heterocycles. The molecular weight excluding hydrogens is 302 g/mol. The second-order valence-electron chi connectivity index (χ2n) is 4.67. The average molecular weight is 322 g/mol. The first-order valence-corrected chi connectivity index (χ1v) is 9.63. The minimum Gasteiger partial charge on any atom is -0.493 e. The number of amides is 1. The maximum absolute atomic E-state index is 11.8. The molecule has 2 atom stereocenters. The smallest absolute Gasteiger partial charge is 0.240 e. The number of hydrogen-bond donors (Lipinski definition) is 1. The first-order valence-electron chi connectivity index (χ1n) is 6.85. The molecule has 0 bridgehead atoms. The van der Waals surface area contributed by atoms with E-state index >= 15 is 0 Å². The third-order valence-electron chi connectivity index (χ3n) is 3.23. The fraction of sp³-hybridized carbons (Fsp3) is 0.333. The van der Waals surface area contributed by atoms with Crippen LogP contribution in [-0.2, 0) is 13.1 Å². The highest BCUT2D eigenvalue weighted by Crippen LogP contribution is 2.29. The van der Waals surface area contributed by atoms with Gasteiger partial charge in [0.05, 0.1) is 6.61 Å². The first-order chi connectivity index (χ1) is 10.2. The van der Waals surface area contributed by atoms with E-state index in [1.807, 2.05) is 23.4 Å². The summed E-state index contributed by atoms with van der Waals surface area (Å²) in [7, 11) is 1.01. The Labute approximate surface area is 129 Å². The molecule has 0 spiro atoms. The Bertz CT molecular complexity index is 546. The number of nitrogens with zero attached hydrogens (tertiary/aromatic N) is 1. The predicted octanol–water partition coefficient (Wildman–Crippen LogP) is 3.65. The molecule has 1 N–H and O–H groups in total. The molecule has 1 aromatic carbocycles.